The molecule has 4 nitrogen and oxygen atoms in total. The number of hydrogen-bond acceptors (Lipinski definition) is 4. The number of rotatable bonds is 4. The van der Waals surface area contributed by atoms with Crippen LogP contribution in [0.5, 0.6) is 17.2 Å². The highest BCUT2D eigenvalue weighted by Crippen LogP contribution is 2.40. The van der Waals surface area contributed by atoms with Crippen LogP contribution in [0.3, 0.4) is 0 Å². The Morgan fingerprint density at radius 3 is 2.62 bits per heavy atom. The summed E-state index contributed by atoms with van der Waals surface area (Å²) in [5.41, 5.74) is -0.0460. The van der Waals surface area contributed by atoms with Gasteiger partial charge in [0.15, 0.2) is 11.5 Å². The molecule has 0 bridgehead atoms. The molecule has 1 heterocycles. The van der Waals surface area contributed by atoms with Crippen LogP contribution < -0.4 is 14.2 Å². The molecule has 0 spiro atoms. The maximum absolute atomic E-state index is 12.9. The van der Waals surface area contributed by atoms with Gasteiger partial charge in [-0.3, -0.25) is 0 Å². The van der Waals surface area contributed by atoms with E-state index in [1.165, 1.54) is 18.2 Å². The summed E-state index contributed by atoms with van der Waals surface area (Å²) in [6.45, 7) is 2.26. The van der Waals surface area contributed by atoms with Crippen molar-refractivity contribution in [1.82, 2.24) is 0 Å². The molecule has 0 saturated heterocycles. The van der Waals surface area contributed by atoms with E-state index in [0.29, 0.717) is 29.4 Å². The van der Waals surface area contributed by atoms with E-state index in [1.54, 1.807) is 19.1 Å². The number of halogens is 3. The molecule has 0 unspecified atom stereocenters. The molecule has 7 heteroatoms. The Labute approximate surface area is 148 Å². The zero-order valence-electron chi connectivity index (χ0n) is 13.8. The molecule has 1 aliphatic heterocycles. The van der Waals surface area contributed by atoms with Crippen molar-refractivity contribution in [1.29, 1.82) is 5.26 Å². The van der Waals surface area contributed by atoms with E-state index >= 15 is 0 Å². The van der Waals surface area contributed by atoms with Crippen LogP contribution in [0.25, 0.3) is 11.6 Å². The maximum atomic E-state index is 12.9. The van der Waals surface area contributed by atoms with Gasteiger partial charge in [0.1, 0.15) is 5.75 Å². The number of nitriles is 1. The van der Waals surface area contributed by atoms with Crippen molar-refractivity contribution in [2.45, 2.75) is 13.1 Å². The minimum Gasteiger partial charge on any atom is -0.493 e. The minimum atomic E-state index is -4.48. The summed E-state index contributed by atoms with van der Waals surface area (Å²) in [6, 6.07) is 9.86. The fraction of sp³-hybridized carbons (Fsp3) is 0.211. The predicted octanol–water partition coefficient (Wildman–Crippen LogP) is 4.90. The van der Waals surface area contributed by atoms with Crippen LogP contribution in [0.1, 0.15) is 23.6 Å². The zero-order chi connectivity index (χ0) is 18.7. The second kappa shape index (κ2) is 7.00. The van der Waals surface area contributed by atoms with Gasteiger partial charge in [-0.1, -0.05) is 12.1 Å². The third-order valence-electron chi connectivity index (χ3n) is 3.73. The van der Waals surface area contributed by atoms with Crippen molar-refractivity contribution in [3.63, 3.8) is 0 Å². The summed E-state index contributed by atoms with van der Waals surface area (Å²) in [4.78, 5) is 0. The fourth-order valence-corrected chi connectivity index (χ4v) is 2.53. The number of nitrogens with zero attached hydrogens (tertiary/aromatic N) is 1. The van der Waals surface area contributed by atoms with Crippen LogP contribution in [-0.2, 0) is 6.18 Å². The van der Waals surface area contributed by atoms with Crippen molar-refractivity contribution in [3.8, 4) is 23.3 Å². The van der Waals surface area contributed by atoms with E-state index in [1.807, 2.05) is 6.07 Å². The summed E-state index contributed by atoms with van der Waals surface area (Å²) in [6.07, 6.45) is -3.01. The van der Waals surface area contributed by atoms with Gasteiger partial charge in [-0.25, -0.2) is 0 Å². The van der Waals surface area contributed by atoms with Gasteiger partial charge < -0.3 is 14.2 Å². The van der Waals surface area contributed by atoms with E-state index < -0.39 is 11.7 Å². The summed E-state index contributed by atoms with van der Waals surface area (Å²) in [5.74, 6) is 1.46. The largest absolute Gasteiger partial charge is 0.493 e. The van der Waals surface area contributed by atoms with E-state index in [4.69, 9.17) is 14.2 Å². The molecule has 0 aromatic heterocycles. The average molecular weight is 361 g/mol. The van der Waals surface area contributed by atoms with Crippen LogP contribution in [-0.4, -0.2) is 13.4 Å². The van der Waals surface area contributed by atoms with E-state index in [9.17, 15) is 18.4 Å². The summed E-state index contributed by atoms with van der Waals surface area (Å²) < 4.78 is 54.9. The lowest BCUT2D eigenvalue weighted by Gasteiger charge is -2.10. The Balaban J connectivity index is 2.06. The molecule has 134 valence electrons. The minimum absolute atomic E-state index is 0.0762. The monoisotopic (exact) mass is 361 g/mol. The summed E-state index contributed by atoms with van der Waals surface area (Å²) in [7, 11) is 0. The van der Waals surface area contributed by atoms with Crippen LogP contribution in [0.2, 0.25) is 0 Å². The highest BCUT2D eigenvalue weighted by atomic mass is 19.4. The van der Waals surface area contributed by atoms with Crippen LogP contribution in [0.4, 0.5) is 13.2 Å². The first-order valence-electron chi connectivity index (χ1n) is 7.78. The Morgan fingerprint density at radius 1 is 1.23 bits per heavy atom. The quantitative estimate of drug-likeness (QED) is 0.574. The number of hydrogen-bond donors (Lipinski definition) is 0. The first-order valence-corrected chi connectivity index (χ1v) is 7.78. The molecule has 0 amide bonds. The summed E-state index contributed by atoms with van der Waals surface area (Å²) >= 11 is 0. The van der Waals surface area contributed by atoms with Crippen LogP contribution >= 0.6 is 0 Å². The Morgan fingerprint density at radius 2 is 1.96 bits per heavy atom. The topological polar surface area (TPSA) is 51.5 Å². The van der Waals surface area contributed by atoms with E-state index in [-0.39, 0.29) is 17.9 Å². The van der Waals surface area contributed by atoms with Gasteiger partial charge in [0, 0.05) is 11.6 Å². The molecule has 0 fully saturated rings. The van der Waals surface area contributed by atoms with Gasteiger partial charge in [0.05, 0.1) is 23.8 Å². The number of alkyl halides is 3. The number of fused-ring (bicyclic) bond motifs is 1. The van der Waals surface area contributed by atoms with Crippen LogP contribution in [0, 0.1) is 11.3 Å². The van der Waals surface area contributed by atoms with Crippen LogP contribution in [0.15, 0.2) is 36.4 Å². The number of ether oxygens (including phenoxy) is 3. The van der Waals surface area contributed by atoms with Gasteiger partial charge in [-0.05, 0) is 36.8 Å². The standard InChI is InChI=1S/C19H14F3NO3/c1-2-24-16-9-18-17(25-11-26-18)8-13(16)6-14(10-23)12-4-3-5-15(7-12)19(20,21)22/h3-9H,2,11H2,1H3/b14-6+. The first kappa shape index (κ1) is 17.7. The van der Waals surface area contributed by atoms with Crippen molar-refractivity contribution >= 4 is 11.6 Å². The normalized spacial score (nSPS) is 13.4. The predicted molar refractivity (Wildman–Crippen MR) is 88.7 cm³/mol. The first-order chi connectivity index (χ1) is 12.4. The third-order valence-corrected chi connectivity index (χ3v) is 3.73. The van der Waals surface area contributed by atoms with Crippen molar-refractivity contribution in [2.24, 2.45) is 0 Å². The van der Waals surface area contributed by atoms with Crippen molar-refractivity contribution < 1.29 is 27.4 Å². The van der Waals surface area contributed by atoms with E-state index in [2.05, 4.69) is 0 Å². The van der Waals surface area contributed by atoms with Gasteiger partial charge >= 0.3 is 6.18 Å². The highest BCUT2D eigenvalue weighted by Gasteiger charge is 2.30. The molecule has 0 atom stereocenters. The maximum Gasteiger partial charge on any atom is 0.416 e. The second-order valence-corrected chi connectivity index (χ2v) is 5.42. The smallest absolute Gasteiger partial charge is 0.416 e. The molecule has 2 aromatic carbocycles. The molecule has 0 saturated carbocycles. The van der Waals surface area contributed by atoms with Gasteiger partial charge in [0.25, 0.3) is 0 Å². The van der Waals surface area contributed by atoms with Gasteiger partial charge in [-0.2, -0.15) is 18.4 Å². The fourth-order valence-electron chi connectivity index (χ4n) is 2.53. The lowest BCUT2D eigenvalue weighted by atomic mass is 10.0. The Bertz CT molecular complexity index is 898. The molecule has 3 rings (SSSR count). The molecule has 26 heavy (non-hydrogen) atoms. The molecular weight excluding hydrogens is 347 g/mol. The molecular formula is C19H14F3NO3. The Kier molecular flexibility index (Phi) is 4.76. The highest BCUT2D eigenvalue weighted by molar-refractivity contribution is 5.91. The number of allylic oxidation sites excluding steroid dienone is 1. The molecule has 1 aliphatic rings. The van der Waals surface area contributed by atoms with Gasteiger partial charge in [-0.15, -0.1) is 0 Å². The average Bonchev–Trinajstić information content (AvgIpc) is 3.06. The molecule has 2 aromatic rings. The second-order valence-electron chi connectivity index (χ2n) is 5.42. The molecule has 0 N–H and O–H groups in total. The number of benzene rings is 2. The van der Waals surface area contributed by atoms with Crippen molar-refractivity contribution in [2.75, 3.05) is 13.4 Å². The Hall–Kier alpha value is -3.14. The lowest BCUT2D eigenvalue weighted by Crippen LogP contribution is -2.05. The lowest BCUT2D eigenvalue weighted by molar-refractivity contribution is -0.137. The summed E-state index contributed by atoms with van der Waals surface area (Å²) in [5, 5.41) is 9.45. The van der Waals surface area contributed by atoms with E-state index in [0.717, 1.165) is 12.1 Å². The van der Waals surface area contributed by atoms with Crippen molar-refractivity contribution in [3.05, 3.63) is 53.1 Å². The molecule has 0 aliphatic carbocycles. The SMILES string of the molecule is CCOc1cc2c(cc1/C=C(\C#N)c1cccc(C(F)(F)F)c1)OCO2. The molecule has 0 radical (unpaired) electrons. The van der Waals surface area contributed by atoms with Gasteiger partial charge in [0.2, 0.25) is 6.79 Å². The third kappa shape index (κ3) is 3.59. The zero-order valence-corrected chi connectivity index (χ0v) is 13.8.